The molecule has 1 aliphatic rings. The number of nitrogens with zero attached hydrogens (tertiary/aromatic N) is 1. The van der Waals surface area contributed by atoms with Crippen molar-refractivity contribution in [2.45, 2.75) is 12.5 Å². The minimum atomic E-state index is -1.09. The van der Waals surface area contributed by atoms with E-state index in [1.54, 1.807) is 12.1 Å². The van der Waals surface area contributed by atoms with Gasteiger partial charge < -0.3 is 20.1 Å². The predicted molar refractivity (Wildman–Crippen MR) is 72.5 cm³/mol. The SMILES string of the molecule is O=C(O)C1COCCN1C(=O)NCCc1cccc(F)c1. The highest BCUT2D eigenvalue weighted by atomic mass is 19.1. The van der Waals surface area contributed by atoms with Crippen LogP contribution in [0.25, 0.3) is 0 Å². The van der Waals surface area contributed by atoms with Gasteiger partial charge in [0, 0.05) is 13.1 Å². The van der Waals surface area contributed by atoms with Crippen LogP contribution < -0.4 is 5.32 Å². The molecule has 0 spiro atoms. The molecule has 6 nitrogen and oxygen atoms in total. The molecule has 1 aromatic carbocycles. The molecule has 0 bridgehead atoms. The van der Waals surface area contributed by atoms with Crippen LogP contribution in [0.1, 0.15) is 5.56 Å². The van der Waals surface area contributed by atoms with Gasteiger partial charge in [0.2, 0.25) is 0 Å². The fourth-order valence-electron chi connectivity index (χ4n) is 2.16. The molecular weight excluding hydrogens is 279 g/mol. The van der Waals surface area contributed by atoms with Gasteiger partial charge in [0.25, 0.3) is 0 Å². The number of halogens is 1. The summed E-state index contributed by atoms with van der Waals surface area (Å²) < 4.78 is 18.1. The molecule has 0 radical (unpaired) electrons. The number of urea groups is 1. The largest absolute Gasteiger partial charge is 0.480 e. The van der Waals surface area contributed by atoms with Crippen LogP contribution in [0.15, 0.2) is 24.3 Å². The van der Waals surface area contributed by atoms with E-state index < -0.39 is 18.0 Å². The maximum Gasteiger partial charge on any atom is 0.328 e. The van der Waals surface area contributed by atoms with Gasteiger partial charge in [-0.2, -0.15) is 0 Å². The third-order valence-electron chi connectivity index (χ3n) is 3.25. The van der Waals surface area contributed by atoms with Crippen LogP contribution >= 0.6 is 0 Å². The lowest BCUT2D eigenvalue weighted by Crippen LogP contribution is -2.55. The predicted octanol–water partition coefficient (Wildman–Crippen LogP) is 0.863. The third kappa shape index (κ3) is 4.16. The van der Waals surface area contributed by atoms with Crippen molar-refractivity contribution < 1.29 is 23.8 Å². The Balaban J connectivity index is 1.84. The molecule has 1 atom stereocenters. The molecule has 114 valence electrons. The molecule has 0 aliphatic carbocycles. The normalized spacial score (nSPS) is 18.3. The van der Waals surface area contributed by atoms with Gasteiger partial charge >= 0.3 is 12.0 Å². The zero-order valence-electron chi connectivity index (χ0n) is 11.4. The molecule has 0 aromatic heterocycles. The molecule has 7 heteroatoms. The standard InChI is InChI=1S/C14H17FN2O4/c15-11-3-1-2-10(8-11)4-5-16-14(20)17-6-7-21-9-12(17)13(18)19/h1-3,8,12H,4-7,9H2,(H,16,20)(H,18,19). The number of carbonyl (C=O) groups excluding carboxylic acids is 1. The molecule has 1 saturated heterocycles. The van der Waals surface area contributed by atoms with Crippen LogP contribution in [0.3, 0.4) is 0 Å². The summed E-state index contributed by atoms with van der Waals surface area (Å²) in [7, 11) is 0. The summed E-state index contributed by atoms with van der Waals surface area (Å²) in [5.41, 5.74) is 0.770. The number of nitrogens with one attached hydrogen (secondary N) is 1. The van der Waals surface area contributed by atoms with E-state index in [0.717, 1.165) is 5.56 Å². The Morgan fingerprint density at radius 3 is 3.00 bits per heavy atom. The summed E-state index contributed by atoms with van der Waals surface area (Å²) in [5, 5.41) is 11.7. The summed E-state index contributed by atoms with van der Waals surface area (Å²) >= 11 is 0. The van der Waals surface area contributed by atoms with Crippen molar-refractivity contribution in [3.05, 3.63) is 35.6 Å². The Hall–Kier alpha value is -2.15. The maximum absolute atomic E-state index is 13.0. The zero-order valence-corrected chi connectivity index (χ0v) is 11.4. The molecular formula is C14H17FN2O4. The second-order valence-corrected chi connectivity index (χ2v) is 4.73. The van der Waals surface area contributed by atoms with Gasteiger partial charge in [-0.1, -0.05) is 12.1 Å². The number of hydrogen-bond donors (Lipinski definition) is 2. The van der Waals surface area contributed by atoms with E-state index in [9.17, 15) is 14.0 Å². The van der Waals surface area contributed by atoms with Gasteiger partial charge in [0.1, 0.15) is 5.82 Å². The van der Waals surface area contributed by atoms with Gasteiger partial charge in [-0.15, -0.1) is 0 Å². The molecule has 21 heavy (non-hydrogen) atoms. The molecule has 2 amide bonds. The number of hydrogen-bond acceptors (Lipinski definition) is 3. The average molecular weight is 296 g/mol. The number of rotatable bonds is 4. The van der Waals surface area contributed by atoms with E-state index in [-0.39, 0.29) is 19.0 Å². The van der Waals surface area contributed by atoms with Crippen molar-refractivity contribution in [1.82, 2.24) is 10.2 Å². The van der Waals surface area contributed by atoms with Gasteiger partial charge in [0.05, 0.1) is 13.2 Å². The average Bonchev–Trinajstić information content (AvgIpc) is 2.47. The van der Waals surface area contributed by atoms with Crippen LogP contribution in [-0.4, -0.2) is 54.4 Å². The van der Waals surface area contributed by atoms with Gasteiger partial charge in [0.15, 0.2) is 6.04 Å². The number of carbonyl (C=O) groups is 2. The minimum Gasteiger partial charge on any atom is -0.480 e. The smallest absolute Gasteiger partial charge is 0.328 e. The van der Waals surface area contributed by atoms with Crippen molar-refractivity contribution >= 4 is 12.0 Å². The van der Waals surface area contributed by atoms with Crippen molar-refractivity contribution in [3.8, 4) is 0 Å². The highest BCUT2D eigenvalue weighted by Gasteiger charge is 2.32. The van der Waals surface area contributed by atoms with Crippen LogP contribution in [-0.2, 0) is 16.0 Å². The lowest BCUT2D eigenvalue weighted by molar-refractivity contribution is -0.147. The number of morpholine rings is 1. The summed E-state index contributed by atoms with van der Waals surface area (Å²) in [6.07, 6.45) is 0.478. The van der Waals surface area contributed by atoms with E-state index in [1.807, 2.05) is 0 Å². The number of carboxylic acid groups (broad SMARTS) is 1. The Morgan fingerprint density at radius 2 is 2.29 bits per heavy atom. The number of amides is 2. The first-order valence-corrected chi connectivity index (χ1v) is 6.67. The van der Waals surface area contributed by atoms with Crippen molar-refractivity contribution in [3.63, 3.8) is 0 Å². The number of carboxylic acids is 1. The summed E-state index contributed by atoms with van der Waals surface area (Å²) in [6, 6.07) is 4.72. The van der Waals surface area contributed by atoms with E-state index in [1.165, 1.54) is 17.0 Å². The molecule has 2 rings (SSSR count). The van der Waals surface area contributed by atoms with E-state index >= 15 is 0 Å². The van der Waals surface area contributed by atoms with Crippen LogP contribution in [0, 0.1) is 5.82 Å². The minimum absolute atomic E-state index is 0.00729. The first-order valence-electron chi connectivity index (χ1n) is 6.67. The molecule has 1 unspecified atom stereocenters. The van der Waals surface area contributed by atoms with Crippen LogP contribution in [0.4, 0.5) is 9.18 Å². The number of aliphatic carboxylic acids is 1. The first kappa shape index (κ1) is 15.2. The highest BCUT2D eigenvalue weighted by molar-refractivity contribution is 5.83. The number of benzene rings is 1. The second kappa shape index (κ2) is 7.03. The van der Waals surface area contributed by atoms with E-state index in [2.05, 4.69) is 5.32 Å². The van der Waals surface area contributed by atoms with Gasteiger partial charge in [-0.3, -0.25) is 0 Å². The van der Waals surface area contributed by atoms with Crippen molar-refractivity contribution in [1.29, 1.82) is 0 Å². The van der Waals surface area contributed by atoms with E-state index in [0.29, 0.717) is 19.6 Å². The van der Waals surface area contributed by atoms with Crippen LogP contribution in [0.2, 0.25) is 0 Å². The van der Waals surface area contributed by atoms with Gasteiger partial charge in [-0.05, 0) is 24.1 Å². The van der Waals surface area contributed by atoms with Crippen molar-refractivity contribution in [2.75, 3.05) is 26.3 Å². The second-order valence-electron chi connectivity index (χ2n) is 4.73. The summed E-state index contributed by atoms with van der Waals surface area (Å²) in [5.74, 6) is -1.41. The first-order chi connectivity index (χ1) is 10.1. The number of ether oxygens (including phenoxy) is 1. The lowest BCUT2D eigenvalue weighted by Gasteiger charge is -2.32. The lowest BCUT2D eigenvalue weighted by atomic mass is 10.1. The highest BCUT2D eigenvalue weighted by Crippen LogP contribution is 2.08. The Bertz CT molecular complexity index is 523. The molecule has 1 aromatic rings. The van der Waals surface area contributed by atoms with Gasteiger partial charge in [-0.25, -0.2) is 14.0 Å². The zero-order chi connectivity index (χ0) is 15.2. The molecule has 1 aliphatic heterocycles. The Labute approximate surface area is 121 Å². The molecule has 0 saturated carbocycles. The molecule has 2 N–H and O–H groups in total. The van der Waals surface area contributed by atoms with E-state index in [4.69, 9.17) is 9.84 Å². The maximum atomic E-state index is 13.0. The summed E-state index contributed by atoms with van der Waals surface area (Å²) in [6.45, 7) is 0.864. The fourth-order valence-corrected chi connectivity index (χ4v) is 2.16. The van der Waals surface area contributed by atoms with Crippen LogP contribution in [0.5, 0.6) is 0 Å². The summed E-state index contributed by atoms with van der Waals surface area (Å²) in [4.78, 5) is 24.3. The third-order valence-corrected chi connectivity index (χ3v) is 3.25. The topological polar surface area (TPSA) is 78.9 Å². The quantitative estimate of drug-likeness (QED) is 0.864. The Morgan fingerprint density at radius 1 is 1.48 bits per heavy atom. The fraction of sp³-hybridized carbons (Fsp3) is 0.429. The Kier molecular flexibility index (Phi) is 5.10. The monoisotopic (exact) mass is 296 g/mol. The van der Waals surface area contributed by atoms with Crippen molar-refractivity contribution in [2.24, 2.45) is 0 Å². The molecule has 1 fully saturated rings. The molecule has 1 heterocycles.